The van der Waals surface area contributed by atoms with Gasteiger partial charge in [-0.15, -0.1) is 0 Å². The molecule has 5 rings (SSSR count). The molecule has 25 heavy (non-hydrogen) atoms. The Morgan fingerprint density at radius 2 is 1.60 bits per heavy atom. The molecule has 0 fully saturated rings. The molecule has 3 heteroatoms. The zero-order valence-corrected chi connectivity index (χ0v) is 13.9. The zero-order valence-electron chi connectivity index (χ0n) is 13.9. The van der Waals surface area contributed by atoms with Crippen molar-refractivity contribution in [3.8, 4) is 22.6 Å². The maximum Gasteiger partial charge on any atom is 0.161 e. The van der Waals surface area contributed by atoms with Crippen LogP contribution in [0.25, 0.3) is 11.1 Å². The Morgan fingerprint density at radius 3 is 2.56 bits per heavy atom. The first-order valence-corrected chi connectivity index (χ1v) is 8.70. The van der Waals surface area contributed by atoms with Crippen molar-refractivity contribution in [1.82, 2.24) is 0 Å². The Morgan fingerprint density at radius 1 is 0.760 bits per heavy atom. The van der Waals surface area contributed by atoms with Crippen LogP contribution in [0.15, 0.2) is 60.7 Å². The number of ether oxygens (including phenoxy) is 2. The highest BCUT2D eigenvalue weighted by atomic mass is 16.6. The van der Waals surface area contributed by atoms with Gasteiger partial charge in [0.15, 0.2) is 11.5 Å². The highest BCUT2D eigenvalue weighted by Gasteiger charge is 2.17. The van der Waals surface area contributed by atoms with Crippen LogP contribution in [0.4, 0.5) is 5.69 Å². The first-order valence-electron chi connectivity index (χ1n) is 8.70. The van der Waals surface area contributed by atoms with Gasteiger partial charge in [0.2, 0.25) is 0 Å². The SMILES string of the molecule is c1ccc2c(c1)Cc1cc(NCc3ccc4c(c3)OCCO4)ccc1-2. The van der Waals surface area contributed by atoms with E-state index < -0.39 is 0 Å². The third kappa shape index (κ3) is 2.62. The summed E-state index contributed by atoms with van der Waals surface area (Å²) in [6.07, 6.45) is 1.02. The lowest BCUT2D eigenvalue weighted by Gasteiger charge is -2.19. The van der Waals surface area contributed by atoms with E-state index in [1.54, 1.807) is 0 Å². The first kappa shape index (κ1) is 14.4. The van der Waals surface area contributed by atoms with Gasteiger partial charge in [0.1, 0.15) is 13.2 Å². The second-order valence-electron chi connectivity index (χ2n) is 6.54. The van der Waals surface area contributed by atoms with Crippen molar-refractivity contribution in [3.63, 3.8) is 0 Å². The first-order chi connectivity index (χ1) is 12.4. The Bertz CT molecular complexity index is 949. The molecule has 1 N–H and O–H groups in total. The minimum atomic E-state index is 0.620. The topological polar surface area (TPSA) is 30.5 Å². The molecule has 3 aromatic carbocycles. The number of benzene rings is 3. The molecule has 0 saturated heterocycles. The fraction of sp³-hybridized carbons (Fsp3) is 0.182. The minimum Gasteiger partial charge on any atom is -0.486 e. The van der Waals surface area contributed by atoms with Crippen LogP contribution in [0.5, 0.6) is 11.5 Å². The van der Waals surface area contributed by atoms with E-state index in [1.165, 1.54) is 27.8 Å². The fourth-order valence-corrected chi connectivity index (χ4v) is 3.66. The van der Waals surface area contributed by atoms with Crippen LogP contribution in [-0.2, 0) is 13.0 Å². The van der Waals surface area contributed by atoms with E-state index in [0.717, 1.165) is 30.2 Å². The van der Waals surface area contributed by atoms with Gasteiger partial charge in [0.25, 0.3) is 0 Å². The maximum atomic E-state index is 5.66. The van der Waals surface area contributed by atoms with Gasteiger partial charge in [-0.1, -0.05) is 36.4 Å². The molecule has 1 aliphatic carbocycles. The van der Waals surface area contributed by atoms with E-state index in [-0.39, 0.29) is 0 Å². The third-order valence-electron chi connectivity index (χ3n) is 4.90. The van der Waals surface area contributed by atoms with Crippen LogP contribution in [-0.4, -0.2) is 13.2 Å². The van der Waals surface area contributed by atoms with Gasteiger partial charge in [-0.2, -0.15) is 0 Å². The second-order valence-corrected chi connectivity index (χ2v) is 6.54. The molecule has 0 bridgehead atoms. The average Bonchev–Trinajstić information content (AvgIpc) is 3.04. The van der Waals surface area contributed by atoms with Crippen LogP contribution >= 0.6 is 0 Å². The van der Waals surface area contributed by atoms with Crippen molar-refractivity contribution in [3.05, 3.63) is 77.4 Å². The standard InChI is InChI=1S/C22H19NO2/c1-2-4-19-16(3-1)12-17-13-18(6-7-20(17)19)23-14-15-5-8-21-22(11-15)25-10-9-24-21/h1-8,11,13,23H,9-10,12,14H2. The van der Waals surface area contributed by atoms with E-state index >= 15 is 0 Å². The molecule has 3 aromatic rings. The second kappa shape index (κ2) is 5.85. The summed E-state index contributed by atoms with van der Waals surface area (Å²) in [5.74, 6) is 1.68. The lowest BCUT2D eigenvalue weighted by Crippen LogP contribution is -2.15. The number of rotatable bonds is 3. The Kier molecular flexibility index (Phi) is 3.37. The van der Waals surface area contributed by atoms with Gasteiger partial charge in [0.05, 0.1) is 0 Å². The van der Waals surface area contributed by atoms with Gasteiger partial charge in [-0.05, 0) is 58.5 Å². The van der Waals surface area contributed by atoms with Gasteiger partial charge in [-0.25, -0.2) is 0 Å². The largest absolute Gasteiger partial charge is 0.486 e. The normalized spacial score (nSPS) is 13.9. The molecule has 0 atom stereocenters. The zero-order chi connectivity index (χ0) is 16.6. The minimum absolute atomic E-state index is 0.620. The Balaban J connectivity index is 1.33. The summed E-state index contributed by atoms with van der Waals surface area (Å²) >= 11 is 0. The summed E-state index contributed by atoms with van der Waals surface area (Å²) in [5, 5.41) is 3.53. The molecule has 0 unspecified atom stereocenters. The van der Waals surface area contributed by atoms with Crippen LogP contribution in [0.2, 0.25) is 0 Å². The number of hydrogen-bond donors (Lipinski definition) is 1. The monoisotopic (exact) mass is 329 g/mol. The van der Waals surface area contributed by atoms with E-state index in [9.17, 15) is 0 Å². The Labute approximate surface area is 147 Å². The number of fused-ring (bicyclic) bond motifs is 4. The fourth-order valence-electron chi connectivity index (χ4n) is 3.66. The molecular formula is C22H19NO2. The van der Waals surface area contributed by atoms with Crippen molar-refractivity contribution in [2.75, 3.05) is 18.5 Å². The summed E-state index contributed by atoms with van der Waals surface area (Å²) in [7, 11) is 0. The van der Waals surface area contributed by atoms with Crippen LogP contribution in [0.1, 0.15) is 16.7 Å². The number of nitrogens with one attached hydrogen (secondary N) is 1. The van der Waals surface area contributed by atoms with Gasteiger partial charge < -0.3 is 14.8 Å². The van der Waals surface area contributed by atoms with Gasteiger partial charge in [-0.3, -0.25) is 0 Å². The van der Waals surface area contributed by atoms with Crippen molar-refractivity contribution in [2.24, 2.45) is 0 Å². The summed E-state index contributed by atoms with van der Waals surface area (Å²) in [6, 6.07) is 21.5. The van der Waals surface area contributed by atoms with Gasteiger partial charge in [0, 0.05) is 12.2 Å². The molecule has 0 saturated carbocycles. The number of hydrogen-bond acceptors (Lipinski definition) is 3. The van der Waals surface area contributed by atoms with E-state index in [2.05, 4.69) is 59.9 Å². The van der Waals surface area contributed by atoms with Gasteiger partial charge >= 0.3 is 0 Å². The summed E-state index contributed by atoms with van der Waals surface area (Å²) < 4.78 is 11.2. The Hall–Kier alpha value is -2.94. The highest BCUT2D eigenvalue weighted by Crippen LogP contribution is 2.37. The van der Waals surface area contributed by atoms with Crippen molar-refractivity contribution < 1.29 is 9.47 Å². The summed E-state index contributed by atoms with van der Waals surface area (Å²) in [4.78, 5) is 0. The predicted molar refractivity (Wildman–Crippen MR) is 99.4 cm³/mol. The molecule has 0 radical (unpaired) electrons. The molecule has 0 spiro atoms. The quantitative estimate of drug-likeness (QED) is 0.594. The average molecular weight is 329 g/mol. The van der Waals surface area contributed by atoms with Crippen LogP contribution in [0.3, 0.4) is 0 Å². The van der Waals surface area contributed by atoms with Crippen LogP contribution in [0, 0.1) is 0 Å². The molecule has 0 aromatic heterocycles. The highest BCUT2D eigenvalue weighted by molar-refractivity contribution is 5.78. The predicted octanol–water partition coefficient (Wildman–Crippen LogP) is 4.64. The van der Waals surface area contributed by atoms with E-state index in [4.69, 9.17) is 9.47 Å². The molecule has 2 aliphatic rings. The molecule has 124 valence electrons. The van der Waals surface area contributed by atoms with Crippen molar-refractivity contribution in [2.45, 2.75) is 13.0 Å². The number of anilines is 1. The van der Waals surface area contributed by atoms with Crippen LogP contribution < -0.4 is 14.8 Å². The summed E-state index contributed by atoms with van der Waals surface area (Å²) in [6.45, 7) is 2.01. The van der Waals surface area contributed by atoms with E-state index in [1.807, 2.05) is 6.07 Å². The van der Waals surface area contributed by atoms with E-state index in [0.29, 0.717) is 13.2 Å². The smallest absolute Gasteiger partial charge is 0.161 e. The molecule has 1 heterocycles. The third-order valence-corrected chi connectivity index (χ3v) is 4.90. The molecule has 1 aliphatic heterocycles. The molecular weight excluding hydrogens is 310 g/mol. The lowest BCUT2D eigenvalue weighted by molar-refractivity contribution is 0.171. The van der Waals surface area contributed by atoms with Crippen molar-refractivity contribution in [1.29, 1.82) is 0 Å². The summed E-state index contributed by atoms with van der Waals surface area (Å²) in [5.41, 5.74) is 7.89. The molecule has 0 amide bonds. The van der Waals surface area contributed by atoms with Crippen molar-refractivity contribution >= 4 is 5.69 Å². The maximum absolute atomic E-state index is 5.66. The lowest BCUT2D eigenvalue weighted by atomic mass is 10.1. The molecule has 3 nitrogen and oxygen atoms in total.